The van der Waals surface area contributed by atoms with Crippen LogP contribution >= 0.6 is 0 Å². The summed E-state index contributed by atoms with van der Waals surface area (Å²) in [7, 11) is 1.75. The van der Waals surface area contributed by atoms with Gasteiger partial charge in [0.1, 0.15) is 18.0 Å². The van der Waals surface area contributed by atoms with Crippen LogP contribution in [-0.4, -0.2) is 29.2 Å². The average molecular weight is 237 g/mol. The molecule has 0 bridgehead atoms. The predicted molar refractivity (Wildman–Crippen MR) is 66.4 cm³/mol. The number of aromatic nitrogens is 2. The van der Waals surface area contributed by atoms with Crippen LogP contribution in [-0.2, 0) is 4.74 Å². The molecule has 1 aliphatic carbocycles. The Bertz CT molecular complexity index is 395. The van der Waals surface area contributed by atoms with Gasteiger partial charge in [0, 0.05) is 24.6 Å². The topological polar surface area (TPSA) is 85.1 Å². The first kappa shape index (κ1) is 12.1. The van der Waals surface area contributed by atoms with Crippen molar-refractivity contribution in [1.82, 2.24) is 9.97 Å². The molecule has 1 aromatic heterocycles. The molecule has 0 aromatic carbocycles. The van der Waals surface area contributed by atoms with Crippen molar-refractivity contribution < 1.29 is 4.74 Å². The molecule has 0 amide bonds. The fraction of sp³-hybridized carbons (Fsp3) is 0.636. The van der Waals surface area contributed by atoms with E-state index in [-0.39, 0.29) is 5.41 Å². The van der Waals surface area contributed by atoms with Crippen LogP contribution < -0.4 is 16.6 Å². The minimum atomic E-state index is 0.107. The summed E-state index contributed by atoms with van der Waals surface area (Å²) < 4.78 is 5.41. The number of rotatable bonds is 4. The quantitative estimate of drug-likeness (QED) is 0.535. The SMILES string of the molecule is COC1CC(Nc2cc(NN)ncn2)C1(C)C. The Balaban J connectivity index is 2.02. The van der Waals surface area contributed by atoms with Crippen LogP contribution in [0.15, 0.2) is 12.4 Å². The molecule has 17 heavy (non-hydrogen) atoms. The normalized spacial score (nSPS) is 26.1. The zero-order chi connectivity index (χ0) is 12.5. The lowest BCUT2D eigenvalue weighted by molar-refractivity contribution is -0.0795. The number of nitrogen functional groups attached to an aromatic ring is 1. The molecule has 94 valence electrons. The minimum absolute atomic E-state index is 0.107. The third kappa shape index (κ3) is 2.18. The van der Waals surface area contributed by atoms with Crippen molar-refractivity contribution in [3.05, 3.63) is 12.4 Å². The van der Waals surface area contributed by atoms with Crippen molar-refractivity contribution in [2.75, 3.05) is 17.9 Å². The molecule has 2 rings (SSSR count). The lowest BCUT2D eigenvalue weighted by Crippen LogP contribution is -2.57. The maximum absolute atomic E-state index is 5.41. The molecule has 0 radical (unpaired) electrons. The summed E-state index contributed by atoms with van der Waals surface area (Å²) >= 11 is 0. The molecule has 1 aliphatic rings. The van der Waals surface area contributed by atoms with E-state index in [1.54, 1.807) is 13.2 Å². The zero-order valence-corrected chi connectivity index (χ0v) is 10.4. The predicted octanol–water partition coefficient (Wildman–Crippen LogP) is 0.988. The molecule has 6 nitrogen and oxygen atoms in total. The van der Waals surface area contributed by atoms with Crippen molar-refractivity contribution in [1.29, 1.82) is 0 Å². The number of nitrogens with one attached hydrogen (secondary N) is 2. The molecule has 2 unspecified atom stereocenters. The number of nitrogens with zero attached hydrogens (tertiary/aromatic N) is 2. The van der Waals surface area contributed by atoms with E-state index in [4.69, 9.17) is 10.6 Å². The zero-order valence-electron chi connectivity index (χ0n) is 10.4. The summed E-state index contributed by atoms with van der Waals surface area (Å²) in [5, 5.41) is 3.38. The first-order valence-electron chi connectivity index (χ1n) is 5.66. The van der Waals surface area contributed by atoms with Gasteiger partial charge >= 0.3 is 0 Å². The number of hydrogen-bond acceptors (Lipinski definition) is 6. The number of methoxy groups -OCH3 is 1. The smallest absolute Gasteiger partial charge is 0.145 e. The molecular weight excluding hydrogens is 218 g/mol. The van der Waals surface area contributed by atoms with Crippen molar-refractivity contribution >= 4 is 11.6 Å². The number of hydrogen-bond donors (Lipinski definition) is 3. The number of anilines is 2. The molecule has 0 saturated heterocycles. The number of hydrazine groups is 1. The fourth-order valence-corrected chi connectivity index (χ4v) is 2.22. The summed E-state index contributed by atoms with van der Waals surface area (Å²) in [6, 6.07) is 2.14. The molecule has 2 atom stereocenters. The second-order valence-corrected chi connectivity index (χ2v) is 4.91. The summed E-state index contributed by atoms with van der Waals surface area (Å²) in [6.45, 7) is 4.37. The Morgan fingerprint density at radius 2 is 2.12 bits per heavy atom. The summed E-state index contributed by atoms with van der Waals surface area (Å²) in [5.41, 5.74) is 2.61. The van der Waals surface area contributed by atoms with Crippen molar-refractivity contribution in [3.63, 3.8) is 0 Å². The lowest BCUT2D eigenvalue weighted by atomic mass is 9.64. The van der Waals surface area contributed by atoms with Gasteiger partial charge in [-0.1, -0.05) is 13.8 Å². The fourth-order valence-electron chi connectivity index (χ4n) is 2.22. The van der Waals surface area contributed by atoms with E-state index in [1.807, 2.05) is 0 Å². The Labute approximate surface area is 101 Å². The van der Waals surface area contributed by atoms with E-state index in [0.29, 0.717) is 18.0 Å². The third-order valence-corrected chi connectivity index (χ3v) is 3.60. The van der Waals surface area contributed by atoms with Crippen LogP contribution in [0.2, 0.25) is 0 Å². The van der Waals surface area contributed by atoms with Crippen LogP contribution in [0.1, 0.15) is 20.3 Å². The molecule has 0 aliphatic heterocycles. The first-order valence-corrected chi connectivity index (χ1v) is 5.66. The van der Waals surface area contributed by atoms with Gasteiger partial charge in [0.05, 0.1) is 6.10 Å². The molecule has 0 spiro atoms. The van der Waals surface area contributed by atoms with Gasteiger partial charge in [-0.25, -0.2) is 15.8 Å². The van der Waals surface area contributed by atoms with E-state index >= 15 is 0 Å². The van der Waals surface area contributed by atoms with Gasteiger partial charge in [-0.05, 0) is 6.42 Å². The first-order chi connectivity index (χ1) is 8.07. The second kappa shape index (κ2) is 4.46. The van der Waals surface area contributed by atoms with Crippen LogP contribution in [0.4, 0.5) is 11.6 Å². The Morgan fingerprint density at radius 3 is 2.71 bits per heavy atom. The Morgan fingerprint density at radius 1 is 1.41 bits per heavy atom. The van der Waals surface area contributed by atoms with E-state index in [9.17, 15) is 0 Å². The van der Waals surface area contributed by atoms with Gasteiger partial charge in [0.15, 0.2) is 0 Å². The van der Waals surface area contributed by atoms with Gasteiger partial charge in [0.2, 0.25) is 0 Å². The monoisotopic (exact) mass is 237 g/mol. The van der Waals surface area contributed by atoms with Gasteiger partial charge in [0.25, 0.3) is 0 Å². The molecule has 6 heteroatoms. The molecule has 1 heterocycles. The summed E-state index contributed by atoms with van der Waals surface area (Å²) in [6.07, 6.45) is 2.77. The van der Waals surface area contributed by atoms with Crippen molar-refractivity contribution in [2.45, 2.75) is 32.4 Å². The molecule has 1 aromatic rings. The standard InChI is InChI=1S/C11H19N5O/c1-11(2)7(4-8(11)17-3)15-9-5-10(16-12)14-6-13-9/h5-8H,4,12H2,1-3H3,(H2,13,14,15,16). The maximum atomic E-state index is 5.41. The molecule has 4 N–H and O–H groups in total. The van der Waals surface area contributed by atoms with Crippen LogP contribution in [0.25, 0.3) is 0 Å². The van der Waals surface area contributed by atoms with Gasteiger partial charge in [-0.2, -0.15) is 0 Å². The molecule has 1 fully saturated rings. The maximum Gasteiger partial charge on any atom is 0.145 e. The van der Waals surface area contributed by atoms with Crippen LogP contribution in [0, 0.1) is 5.41 Å². The Kier molecular flexibility index (Phi) is 3.17. The third-order valence-electron chi connectivity index (χ3n) is 3.60. The van der Waals surface area contributed by atoms with E-state index < -0.39 is 0 Å². The van der Waals surface area contributed by atoms with Crippen molar-refractivity contribution in [2.24, 2.45) is 11.3 Å². The van der Waals surface area contributed by atoms with E-state index in [1.165, 1.54) is 6.33 Å². The second-order valence-electron chi connectivity index (χ2n) is 4.91. The lowest BCUT2D eigenvalue weighted by Gasteiger charge is -2.51. The average Bonchev–Trinajstić information content (AvgIpc) is 2.34. The number of ether oxygens (including phenoxy) is 1. The van der Waals surface area contributed by atoms with Crippen LogP contribution in [0.5, 0.6) is 0 Å². The Hall–Kier alpha value is -1.40. The highest BCUT2D eigenvalue weighted by atomic mass is 16.5. The minimum Gasteiger partial charge on any atom is -0.381 e. The van der Waals surface area contributed by atoms with Crippen molar-refractivity contribution in [3.8, 4) is 0 Å². The largest absolute Gasteiger partial charge is 0.381 e. The molecule has 1 saturated carbocycles. The summed E-state index contributed by atoms with van der Waals surface area (Å²) in [4.78, 5) is 8.13. The molecular formula is C11H19N5O. The number of nitrogens with two attached hydrogens (primary N) is 1. The van der Waals surface area contributed by atoms with E-state index in [0.717, 1.165) is 12.2 Å². The van der Waals surface area contributed by atoms with Gasteiger partial charge in [-0.15, -0.1) is 0 Å². The van der Waals surface area contributed by atoms with Gasteiger partial charge < -0.3 is 15.5 Å². The van der Waals surface area contributed by atoms with Crippen LogP contribution in [0.3, 0.4) is 0 Å². The van der Waals surface area contributed by atoms with Gasteiger partial charge in [-0.3, -0.25) is 0 Å². The highest BCUT2D eigenvalue weighted by Gasteiger charge is 2.48. The van der Waals surface area contributed by atoms with E-state index in [2.05, 4.69) is 34.6 Å². The highest BCUT2D eigenvalue weighted by molar-refractivity contribution is 5.47. The summed E-state index contributed by atoms with van der Waals surface area (Å²) in [5.74, 6) is 6.68. The highest BCUT2D eigenvalue weighted by Crippen LogP contribution is 2.43.